The van der Waals surface area contributed by atoms with Crippen molar-refractivity contribution in [2.24, 2.45) is 11.3 Å². The highest BCUT2D eigenvalue weighted by Gasteiger charge is 2.38. The number of hydrogen-bond acceptors (Lipinski definition) is 5. The van der Waals surface area contributed by atoms with Gasteiger partial charge in [0.25, 0.3) is 0 Å². The van der Waals surface area contributed by atoms with Crippen molar-refractivity contribution in [1.29, 1.82) is 0 Å². The zero-order chi connectivity index (χ0) is 23.1. The number of nitrogens with zero attached hydrogens (tertiary/aromatic N) is 1. The second-order valence-electron chi connectivity index (χ2n) is 9.56. The first-order valence-corrected chi connectivity index (χ1v) is 11.1. The molecule has 1 fully saturated rings. The van der Waals surface area contributed by atoms with E-state index in [1.54, 1.807) is 31.9 Å². The van der Waals surface area contributed by atoms with E-state index in [4.69, 9.17) is 4.74 Å². The largest absolute Gasteiger partial charge is 0.463 e. The van der Waals surface area contributed by atoms with Crippen LogP contribution in [-0.2, 0) is 19.1 Å². The molecule has 7 nitrogen and oxygen atoms in total. The van der Waals surface area contributed by atoms with Crippen LogP contribution >= 0.6 is 12.4 Å². The molecule has 0 aliphatic carbocycles. The van der Waals surface area contributed by atoms with E-state index >= 15 is 0 Å². The highest BCUT2D eigenvalue weighted by molar-refractivity contribution is 5.91. The number of esters is 1. The lowest BCUT2D eigenvalue weighted by Crippen LogP contribution is -2.59. The summed E-state index contributed by atoms with van der Waals surface area (Å²) in [7, 11) is 1.73. The number of carbonyl (C=O) groups excluding carboxylic acids is 3. The SMILES string of the molecule is CCOC(=O)/C(C)=C/[C@H](C(C)C)N(C)C(=O)[C@@H](NC(=O)[C@@H]1CCCCN1)C(C)(C)C.Cl. The van der Waals surface area contributed by atoms with Crippen LogP contribution in [0.3, 0.4) is 0 Å². The van der Waals surface area contributed by atoms with E-state index in [0.29, 0.717) is 12.2 Å². The van der Waals surface area contributed by atoms with E-state index in [2.05, 4.69) is 10.6 Å². The van der Waals surface area contributed by atoms with Gasteiger partial charge in [0.05, 0.1) is 18.7 Å². The van der Waals surface area contributed by atoms with Gasteiger partial charge in [-0.05, 0) is 44.6 Å². The minimum atomic E-state index is -0.670. The molecule has 0 unspecified atom stereocenters. The topological polar surface area (TPSA) is 87.7 Å². The quantitative estimate of drug-likeness (QED) is 0.430. The summed E-state index contributed by atoms with van der Waals surface area (Å²) in [5.74, 6) is -0.596. The van der Waals surface area contributed by atoms with Crippen LogP contribution in [0.25, 0.3) is 0 Å². The first-order valence-electron chi connectivity index (χ1n) is 11.1. The van der Waals surface area contributed by atoms with Crippen LogP contribution in [-0.4, -0.2) is 61.0 Å². The van der Waals surface area contributed by atoms with Gasteiger partial charge in [-0.15, -0.1) is 12.4 Å². The van der Waals surface area contributed by atoms with Crippen molar-refractivity contribution in [1.82, 2.24) is 15.5 Å². The van der Waals surface area contributed by atoms with Crippen molar-refractivity contribution in [3.8, 4) is 0 Å². The molecular weight excluding hydrogens is 418 g/mol. The third-order valence-corrected chi connectivity index (χ3v) is 5.52. The first-order chi connectivity index (χ1) is 13.9. The molecular formula is C23H42ClN3O4. The lowest BCUT2D eigenvalue weighted by molar-refractivity contribution is -0.141. The van der Waals surface area contributed by atoms with E-state index in [9.17, 15) is 14.4 Å². The molecule has 0 aromatic carbocycles. The van der Waals surface area contributed by atoms with Crippen molar-refractivity contribution < 1.29 is 19.1 Å². The fourth-order valence-electron chi connectivity index (χ4n) is 3.64. The van der Waals surface area contributed by atoms with E-state index in [1.165, 1.54) is 0 Å². The van der Waals surface area contributed by atoms with Gasteiger partial charge >= 0.3 is 5.97 Å². The monoisotopic (exact) mass is 459 g/mol. The predicted molar refractivity (Wildman–Crippen MR) is 126 cm³/mol. The molecule has 1 aliphatic heterocycles. The summed E-state index contributed by atoms with van der Waals surface area (Å²) in [4.78, 5) is 40.0. The standard InChI is InChI=1S/C23H41N3O4.ClH/c1-9-30-22(29)16(4)14-18(15(2)3)26(8)21(28)19(23(5,6)7)25-20(27)17-12-10-11-13-24-17;/h14-15,17-19,24H,9-13H2,1-8H3,(H,25,27);1H/b16-14+;/t17-,18+,19+;/m0./s1. The second kappa shape index (κ2) is 13.1. The molecule has 1 aliphatic rings. The van der Waals surface area contributed by atoms with Gasteiger partial charge in [-0.2, -0.15) is 0 Å². The van der Waals surface area contributed by atoms with E-state index in [0.717, 1.165) is 25.8 Å². The van der Waals surface area contributed by atoms with Crippen molar-refractivity contribution in [3.05, 3.63) is 11.6 Å². The number of piperidine rings is 1. The minimum Gasteiger partial charge on any atom is -0.463 e. The molecule has 0 bridgehead atoms. The van der Waals surface area contributed by atoms with Gasteiger partial charge in [0.1, 0.15) is 6.04 Å². The lowest BCUT2D eigenvalue weighted by atomic mass is 9.84. The number of carbonyl (C=O) groups is 3. The lowest BCUT2D eigenvalue weighted by Gasteiger charge is -2.38. The number of halogens is 1. The average Bonchev–Trinajstić information content (AvgIpc) is 2.68. The zero-order valence-corrected chi connectivity index (χ0v) is 21.2. The van der Waals surface area contributed by atoms with Gasteiger partial charge in [0, 0.05) is 12.6 Å². The van der Waals surface area contributed by atoms with E-state index < -0.39 is 11.5 Å². The van der Waals surface area contributed by atoms with Crippen molar-refractivity contribution in [3.63, 3.8) is 0 Å². The second-order valence-corrected chi connectivity index (χ2v) is 9.56. The molecule has 2 N–H and O–H groups in total. The van der Waals surface area contributed by atoms with E-state index in [-0.39, 0.29) is 48.2 Å². The fourth-order valence-corrected chi connectivity index (χ4v) is 3.64. The molecule has 1 heterocycles. The normalized spacial score (nSPS) is 19.1. The molecule has 1 rings (SSSR count). The third kappa shape index (κ3) is 8.81. The van der Waals surface area contributed by atoms with Gasteiger partial charge in [-0.3, -0.25) is 9.59 Å². The highest BCUT2D eigenvalue weighted by atomic mass is 35.5. The van der Waals surface area contributed by atoms with Crippen LogP contribution in [0, 0.1) is 11.3 Å². The number of nitrogens with one attached hydrogen (secondary N) is 2. The van der Waals surface area contributed by atoms with Crippen LogP contribution in [0.15, 0.2) is 11.6 Å². The molecule has 31 heavy (non-hydrogen) atoms. The maximum atomic E-state index is 13.5. The highest BCUT2D eigenvalue weighted by Crippen LogP contribution is 2.24. The van der Waals surface area contributed by atoms with Gasteiger partial charge in [0.2, 0.25) is 11.8 Å². The molecule has 8 heteroatoms. The van der Waals surface area contributed by atoms with Crippen molar-refractivity contribution in [2.45, 2.75) is 85.9 Å². The Morgan fingerprint density at radius 3 is 2.29 bits per heavy atom. The first kappa shape index (κ1) is 29.4. The minimum absolute atomic E-state index is 0. The summed E-state index contributed by atoms with van der Waals surface area (Å²) < 4.78 is 5.07. The Morgan fingerprint density at radius 1 is 1.23 bits per heavy atom. The fraction of sp³-hybridized carbons (Fsp3) is 0.783. The maximum absolute atomic E-state index is 13.5. The smallest absolute Gasteiger partial charge is 0.333 e. The molecule has 0 spiro atoms. The summed E-state index contributed by atoms with van der Waals surface area (Å²) in [5.41, 5.74) is 0.00911. The van der Waals surface area contributed by atoms with Crippen LogP contribution in [0.5, 0.6) is 0 Å². The molecule has 3 atom stereocenters. The van der Waals surface area contributed by atoms with Gasteiger partial charge < -0.3 is 20.3 Å². The summed E-state index contributed by atoms with van der Waals surface area (Å²) in [6.07, 6.45) is 4.64. The third-order valence-electron chi connectivity index (χ3n) is 5.52. The Labute approximate surface area is 194 Å². The summed E-state index contributed by atoms with van der Waals surface area (Å²) in [5, 5.41) is 6.23. The van der Waals surface area contributed by atoms with Crippen molar-refractivity contribution >= 4 is 30.2 Å². The van der Waals surface area contributed by atoms with Crippen LogP contribution in [0.1, 0.15) is 67.7 Å². The Morgan fingerprint density at radius 2 is 1.84 bits per heavy atom. The molecule has 0 saturated carbocycles. The summed E-state index contributed by atoms with van der Waals surface area (Å²) in [6, 6.07) is -1.22. The van der Waals surface area contributed by atoms with Crippen molar-refractivity contribution in [2.75, 3.05) is 20.2 Å². The molecule has 0 aromatic rings. The number of ether oxygens (including phenoxy) is 1. The van der Waals surface area contributed by atoms with Crippen LogP contribution in [0.2, 0.25) is 0 Å². The van der Waals surface area contributed by atoms with Gasteiger partial charge in [-0.25, -0.2) is 4.79 Å². The summed E-state index contributed by atoms with van der Waals surface area (Å²) in [6.45, 7) is 14.4. The zero-order valence-electron chi connectivity index (χ0n) is 20.4. The van der Waals surface area contributed by atoms with Crippen LogP contribution < -0.4 is 10.6 Å². The number of rotatable bonds is 8. The Hall–Kier alpha value is -1.60. The predicted octanol–water partition coefficient (Wildman–Crippen LogP) is 3.07. The maximum Gasteiger partial charge on any atom is 0.333 e. The molecule has 0 radical (unpaired) electrons. The Balaban J connectivity index is 0.00000900. The number of likely N-dealkylation sites (N-methyl/N-ethyl adjacent to an activating group) is 1. The number of hydrogen-bond donors (Lipinski definition) is 2. The molecule has 0 aromatic heterocycles. The average molecular weight is 460 g/mol. The molecule has 180 valence electrons. The number of amides is 2. The Bertz CT molecular complexity index is 637. The molecule has 2 amide bonds. The van der Waals surface area contributed by atoms with Crippen LogP contribution in [0.4, 0.5) is 0 Å². The van der Waals surface area contributed by atoms with Gasteiger partial charge in [-0.1, -0.05) is 47.1 Å². The molecule has 1 saturated heterocycles. The van der Waals surface area contributed by atoms with E-state index in [1.807, 2.05) is 34.6 Å². The Kier molecular flexibility index (Phi) is 12.4. The summed E-state index contributed by atoms with van der Waals surface area (Å²) >= 11 is 0. The van der Waals surface area contributed by atoms with Gasteiger partial charge in [0.15, 0.2) is 0 Å².